The van der Waals surface area contributed by atoms with E-state index in [2.05, 4.69) is 12.1 Å². The van der Waals surface area contributed by atoms with Gasteiger partial charge in [0, 0.05) is 6.54 Å². The number of benzene rings is 1. The molecule has 1 aliphatic heterocycles. The summed E-state index contributed by atoms with van der Waals surface area (Å²) in [5.41, 5.74) is 1.19. The highest BCUT2D eigenvalue weighted by Crippen LogP contribution is 2.33. The zero-order valence-corrected chi connectivity index (χ0v) is 14.0. The van der Waals surface area contributed by atoms with Crippen LogP contribution in [-0.4, -0.2) is 37.2 Å². The third-order valence-corrected chi connectivity index (χ3v) is 5.07. The lowest BCUT2D eigenvalue weighted by atomic mass is 9.98. The third-order valence-electron chi connectivity index (χ3n) is 5.07. The molecule has 1 unspecified atom stereocenters. The Morgan fingerprint density at radius 2 is 1.83 bits per heavy atom. The second-order valence-corrected chi connectivity index (χ2v) is 6.59. The number of amides is 1. The summed E-state index contributed by atoms with van der Waals surface area (Å²) in [7, 11) is 1.67. The van der Waals surface area contributed by atoms with E-state index in [9.17, 15) is 4.79 Å². The van der Waals surface area contributed by atoms with Gasteiger partial charge < -0.3 is 14.4 Å². The van der Waals surface area contributed by atoms with E-state index in [-0.39, 0.29) is 24.7 Å². The summed E-state index contributed by atoms with van der Waals surface area (Å²) in [6, 6.07) is 8.25. The molecule has 1 aromatic rings. The monoisotopic (exact) mass is 317 g/mol. The Balaban J connectivity index is 1.57. The Bertz CT molecular complexity index is 508. The van der Waals surface area contributed by atoms with Crippen molar-refractivity contribution in [2.45, 2.75) is 57.1 Å². The van der Waals surface area contributed by atoms with Crippen LogP contribution in [0, 0.1) is 0 Å². The van der Waals surface area contributed by atoms with Gasteiger partial charge >= 0.3 is 0 Å². The van der Waals surface area contributed by atoms with Crippen molar-refractivity contribution in [3.63, 3.8) is 0 Å². The Hall–Kier alpha value is -1.55. The highest BCUT2D eigenvalue weighted by molar-refractivity contribution is 5.78. The van der Waals surface area contributed by atoms with Crippen LogP contribution in [0.4, 0.5) is 0 Å². The molecule has 1 aromatic carbocycles. The highest BCUT2D eigenvalue weighted by atomic mass is 16.5. The van der Waals surface area contributed by atoms with Gasteiger partial charge in [0.1, 0.15) is 12.4 Å². The summed E-state index contributed by atoms with van der Waals surface area (Å²) < 4.78 is 11.1. The van der Waals surface area contributed by atoms with Crippen LogP contribution in [-0.2, 0) is 9.53 Å². The molecule has 126 valence electrons. The number of carbonyl (C=O) groups excluding carboxylic acids is 1. The molecule has 2 aliphatic rings. The van der Waals surface area contributed by atoms with Crippen molar-refractivity contribution in [2.24, 2.45) is 0 Å². The summed E-state index contributed by atoms with van der Waals surface area (Å²) in [6.07, 6.45) is 8.36. The quantitative estimate of drug-likeness (QED) is 0.831. The van der Waals surface area contributed by atoms with Crippen LogP contribution in [0.15, 0.2) is 24.3 Å². The van der Waals surface area contributed by atoms with E-state index in [4.69, 9.17) is 9.47 Å². The van der Waals surface area contributed by atoms with E-state index in [0.29, 0.717) is 0 Å². The van der Waals surface area contributed by atoms with Crippen molar-refractivity contribution >= 4 is 5.91 Å². The molecule has 1 atom stereocenters. The fourth-order valence-corrected chi connectivity index (χ4v) is 3.74. The minimum atomic E-state index is 0.133. The number of hydrogen-bond donors (Lipinski definition) is 0. The maximum Gasteiger partial charge on any atom is 0.249 e. The number of methoxy groups -OCH3 is 1. The van der Waals surface area contributed by atoms with Gasteiger partial charge in [-0.15, -0.1) is 0 Å². The summed E-state index contributed by atoms with van der Waals surface area (Å²) in [6.45, 7) is 1.07. The van der Waals surface area contributed by atoms with E-state index in [1.165, 1.54) is 24.8 Å². The standard InChI is InChI=1S/C19H27NO3/c1-22-16-11-9-15(10-12-16)18-8-5-13-20(18)19(21)14-23-17-6-3-2-4-7-17/h9-12,17-18H,2-8,13-14H2,1H3. The summed E-state index contributed by atoms with van der Waals surface area (Å²) >= 11 is 0. The molecule has 2 fully saturated rings. The van der Waals surface area contributed by atoms with Crippen LogP contribution in [0.5, 0.6) is 5.75 Å². The number of hydrogen-bond acceptors (Lipinski definition) is 3. The molecular formula is C19H27NO3. The molecule has 0 radical (unpaired) electrons. The summed E-state index contributed by atoms with van der Waals surface area (Å²) in [5.74, 6) is 0.985. The van der Waals surface area contributed by atoms with E-state index in [1.807, 2.05) is 17.0 Å². The van der Waals surface area contributed by atoms with Crippen LogP contribution < -0.4 is 4.74 Å². The summed E-state index contributed by atoms with van der Waals surface area (Å²) in [5, 5.41) is 0. The molecule has 1 saturated heterocycles. The Kier molecular flexibility index (Phi) is 5.55. The fraction of sp³-hybridized carbons (Fsp3) is 0.632. The molecule has 0 aromatic heterocycles. The first-order valence-corrected chi connectivity index (χ1v) is 8.83. The molecule has 3 rings (SSSR count). The molecule has 1 saturated carbocycles. The average Bonchev–Trinajstić information content (AvgIpc) is 3.10. The zero-order valence-electron chi connectivity index (χ0n) is 14.0. The van der Waals surface area contributed by atoms with Gasteiger partial charge in [0.05, 0.1) is 19.3 Å². The fourth-order valence-electron chi connectivity index (χ4n) is 3.74. The van der Waals surface area contributed by atoms with Crippen LogP contribution in [0.2, 0.25) is 0 Å². The average molecular weight is 317 g/mol. The SMILES string of the molecule is COc1ccc(C2CCCN2C(=O)COC2CCCCC2)cc1. The zero-order chi connectivity index (χ0) is 16.1. The van der Waals surface area contributed by atoms with Gasteiger partial charge in [-0.05, 0) is 43.4 Å². The van der Waals surface area contributed by atoms with Crippen LogP contribution in [0.25, 0.3) is 0 Å². The number of nitrogens with zero attached hydrogens (tertiary/aromatic N) is 1. The topological polar surface area (TPSA) is 38.8 Å². The lowest BCUT2D eigenvalue weighted by Gasteiger charge is -2.27. The lowest BCUT2D eigenvalue weighted by Crippen LogP contribution is -2.35. The molecule has 1 aliphatic carbocycles. The molecule has 4 heteroatoms. The van der Waals surface area contributed by atoms with E-state index in [0.717, 1.165) is 38.0 Å². The van der Waals surface area contributed by atoms with Crippen LogP contribution in [0.1, 0.15) is 56.6 Å². The first kappa shape index (κ1) is 16.3. The van der Waals surface area contributed by atoms with E-state index < -0.39 is 0 Å². The minimum Gasteiger partial charge on any atom is -0.497 e. The smallest absolute Gasteiger partial charge is 0.249 e. The third kappa shape index (κ3) is 4.05. The molecule has 0 spiro atoms. The van der Waals surface area contributed by atoms with Crippen molar-refractivity contribution in [2.75, 3.05) is 20.3 Å². The molecule has 0 N–H and O–H groups in total. The minimum absolute atomic E-state index is 0.133. The predicted octanol–water partition coefficient (Wildman–Crippen LogP) is 3.71. The van der Waals surface area contributed by atoms with Gasteiger partial charge in [0.25, 0.3) is 0 Å². The van der Waals surface area contributed by atoms with Gasteiger partial charge in [0.15, 0.2) is 0 Å². The molecule has 1 heterocycles. The van der Waals surface area contributed by atoms with Crippen molar-refractivity contribution < 1.29 is 14.3 Å². The second-order valence-electron chi connectivity index (χ2n) is 6.59. The lowest BCUT2D eigenvalue weighted by molar-refractivity contribution is -0.139. The maximum atomic E-state index is 12.6. The normalized spacial score (nSPS) is 22.3. The van der Waals surface area contributed by atoms with Gasteiger partial charge in [-0.1, -0.05) is 31.4 Å². The van der Waals surface area contributed by atoms with Crippen LogP contribution >= 0.6 is 0 Å². The number of carbonyl (C=O) groups is 1. The van der Waals surface area contributed by atoms with Crippen LogP contribution in [0.3, 0.4) is 0 Å². The largest absolute Gasteiger partial charge is 0.497 e. The van der Waals surface area contributed by atoms with Crippen molar-refractivity contribution in [3.8, 4) is 5.75 Å². The number of likely N-dealkylation sites (tertiary alicyclic amines) is 1. The molecule has 0 bridgehead atoms. The molecule has 4 nitrogen and oxygen atoms in total. The first-order chi connectivity index (χ1) is 11.3. The van der Waals surface area contributed by atoms with Crippen molar-refractivity contribution in [1.29, 1.82) is 0 Å². The predicted molar refractivity (Wildman–Crippen MR) is 89.5 cm³/mol. The van der Waals surface area contributed by atoms with Crippen molar-refractivity contribution in [3.05, 3.63) is 29.8 Å². The molecule has 23 heavy (non-hydrogen) atoms. The van der Waals surface area contributed by atoms with Gasteiger partial charge in [-0.2, -0.15) is 0 Å². The highest BCUT2D eigenvalue weighted by Gasteiger charge is 2.30. The Morgan fingerprint density at radius 3 is 2.52 bits per heavy atom. The molecule has 1 amide bonds. The van der Waals surface area contributed by atoms with Gasteiger partial charge in [0.2, 0.25) is 5.91 Å². The number of rotatable bonds is 5. The Morgan fingerprint density at radius 1 is 1.09 bits per heavy atom. The van der Waals surface area contributed by atoms with E-state index in [1.54, 1.807) is 7.11 Å². The van der Waals surface area contributed by atoms with Gasteiger partial charge in [-0.3, -0.25) is 4.79 Å². The maximum absolute atomic E-state index is 12.6. The van der Waals surface area contributed by atoms with Crippen molar-refractivity contribution in [1.82, 2.24) is 4.90 Å². The summed E-state index contributed by atoms with van der Waals surface area (Å²) in [4.78, 5) is 14.6. The van der Waals surface area contributed by atoms with Gasteiger partial charge in [-0.25, -0.2) is 0 Å². The first-order valence-electron chi connectivity index (χ1n) is 8.83. The Labute approximate surface area is 138 Å². The molecular weight excluding hydrogens is 290 g/mol. The second kappa shape index (κ2) is 7.82. The van der Waals surface area contributed by atoms with E-state index >= 15 is 0 Å². The number of ether oxygens (including phenoxy) is 2.